The van der Waals surface area contributed by atoms with E-state index in [1.165, 1.54) is 32.7 Å². The summed E-state index contributed by atoms with van der Waals surface area (Å²) in [5.74, 6) is 0. The molecule has 1 heterocycles. The van der Waals surface area contributed by atoms with Gasteiger partial charge in [-0.25, -0.2) is 0 Å². The minimum Gasteiger partial charge on any atom is -0.152 e. The summed E-state index contributed by atoms with van der Waals surface area (Å²) in [4.78, 5) is 1.23. The maximum atomic E-state index is 5.86. The van der Waals surface area contributed by atoms with E-state index in [0.717, 1.165) is 35.9 Å². The molecule has 0 aromatic carbocycles. The van der Waals surface area contributed by atoms with Gasteiger partial charge in [-0.15, -0.1) is 5.47 Å². The van der Waals surface area contributed by atoms with E-state index >= 15 is 0 Å². The van der Waals surface area contributed by atoms with Crippen LogP contribution in [-0.2, 0) is 0 Å². The van der Waals surface area contributed by atoms with Crippen molar-refractivity contribution in [2.45, 2.75) is 81.1 Å². The molecule has 0 amide bonds. The summed E-state index contributed by atoms with van der Waals surface area (Å²) in [5, 5.41) is 0. The molecule has 2 aliphatic rings. The first-order valence-electron chi connectivity index (χ1n) is 11.8. The Morgan fingerprint density at radius 2 is 1.26 bits per heavy atom. The second-order valence-corrected chi connectivity index (χ2v) is 7.83. The van der Waals surface area contributed by atoms with Gasteiger partial charge >= 0.3 is 0 Å². The predicted molar refractivity (Wildman–Crippen MR) is 148 cm³/mol. The second-order valence-electron chi connectivity index (χ2n) is 6.72. The van der Waals surface area contributed by atoms with Gasteiger partial charge in [0.2, 0.25) is 0 Å². The van der Waals surface area contributed by atoms with Gasteiger partial charge in [-0.1, -0.05) is 84.1 Å². The molecule has 2 aliphatic carbocycles. The normalized spacial score (nSPS) is 16.0. The summed E-state index contributed by atoms with van der Waals surface area (Å²) >= 11 is 1.64. The lowest BCUT2D eigenvalue weighted by Gasteiger charge is -2.20. The van der Waals surface area contributed by atoms with E-state index in [9.17, 15) is 0 Å². The number of hydrogen-bond donors (Lipinski definition) is 0. The van der Waals surface area contributed by atoms with Gasteiger partial charge in [0.25, 0.3) is 0 Å². The molecule has 164 valence electrons. The van der Waals surface area contributed by atoms with Crippen molar-refractivity contribution in [1.29, 1.82) is 0 Å². The highest BCUT2D eigenvalue weighted by atomic mass is 32.1. The highest BCUT2D eigenvalue weighted by Gasteiger charge is 2.12. The Labute approximate surface area is 199 Å². The van der Waals surface area contributed by atoms with Crippen molar-refractivity contribution in [3.8, 4) is 0 Å². The molecule has 1 aromatic rings. The zero-order valence-electron chi connectivity index (χ0n) is 21.0. The van der Waals surface area contributed by atoms with Crippen molar-refractivity contribution >= 4 is 37.4 Å². The van der Waals surface area contributed by atoms with Crippen LogP contribution in [0.2, 0.25) is 0 Å². The van der Waals surface area contributed by atoms with Crippen LogP contribution in [0.1, 0.15) is 86.0 Å². The minimum absolute atomic E-state index is 0.865. The summed E-state index contributed by atoms with van der Waals surface area (Å²) in [6.07, 6.45) is 17.5. The molecule has 0 saturated heterocycles. The van der Waals surface area contributed by atoms with E-state index < -0.39 is 0 Å². The second kappa shape index (κ2) is 16.9. The molecule has 1 aromatic heterocycles. The first-order valence-corrected chi connectivity index (χ1v) is 12.6. The van der Waals surface area contributed by atoms with Crippen LogP contribution in [0.25, 0.3) is 5.57 Å². The quantitative estimate of drug-likeness (QED) is 0.332. The smallest absolute Gasteiger partial charge is 0.128 e. The standard InChI is InChI=1S/C22H22B2S.3C2H6/c1-15(3-4-16(2)21-13-14-22(24)25-21)17-5-7-18(8-6-17)19-9-11-20(23)12-10-19;3*1-2/h3-5,7,9,11,13-14H,6,8,10,12H2,1-2H3;3*1-2H3/b15-3+,16-4+;;;. The van der Waals surface area contributed by atoms with Crippen molar-refractivity contribution in [1.82, 2.24) is 0 Å². The topological polar surface area (TPSA) is 0 Å². The van der Waals surface area contributed by atoms with E-state index in [2.05, 4.69) is 56.4 Å². The van der Waals surface area contributed by atoms with E-state index in [4.69, 9.17) is 15.7 Å². The van der Waals surface area contributed by atoms with Crippen molar-refractivity contribution < 1.29 is 0 Å². The van der Waals surface area contributed by atoms with Crippen molar-refractivity contribution in [3.05, 3.63) is 81.2 Å². The first kappa shape index (κ1) is 29.3. The summed E-state index contributed by atoms with van der Waals surface area (Å²) in [7, 11) is 11.7. The van der Waals surface area contributed by atoms with E-state index in [1.54, 1.807) is 11.3 Å². The van der Waals surface area contributed by atoms with E-state index in [1.807, 2.05) is 47.6 Å². The Bertz CT molecular complexity index is 842. The van der Waals surface area contributed by atoms with Crippen molar-refractivity contribution in [2.75, 3.05) is 0 Å². The Balaban J connectivity index is 0.00000138. The minimum atomic E-state index is 0.865. The van der Waals surface area contributed by atoms with Gasteiger partial charge in [-0.2, -0.15) is 11.3 Å². The first-order chi connectivity index (χ1) is 15.0. The van der Waals surface area contributed by atoms with Crippen LogP contribution in [0.3, 0.4) is 0 Å². The highest BCUT2D eigenvalue weighted by molar-refractivity contribution is 7.20. The molecule has 0 aliphatic heterocycles. The lowest BCUT2D eigenvalue weighted by atomic mass is 9.81. The molecule has 0 atom stereocenters. The highest BCUT2D eigenvalue weighted by Crippen LogP contribution is 2.32. The zero-order chi connectivity index (χ0) is 23.8. The van der Waals surface area contributed by atoms with Crippen LogP contribution in [0.4, 0.5) is 0 Å². The van der Waals surface area contributed by atoms with Gasteiger partial charge in [-0.3, -0.25) is 0 Å². The summed E-state index contributed by atoms with van der Waals surface area (Å²) in [6.45, 7) is 16.3. The monoisotopic (exact) mass is 430 g/mol. The van der Waals surface area contributed by atoms with Crippen LogP contribution < -0.4 is 4.78 Å². The number of hydrogen-bond acceptors (Lipinski definition) is 1. The summed E-state index contributed by atoms with van der Waals surface area (Å²) < 4.78 is 0.865. The predicted octanol–water partition coefficient (Wildman–Crippen LogP) is 8.39. The molecule has 4 radical (unpaired) electrons. The third-order valence-corrected chi connectivity index (χ3v) is 5.90. The molecule has 0 spiro atoms. The molecular weight excluding hydrogens is 390 g/mol. The van der Waals surface area contributed by atoms with Crippen LogP contribution in [-0.4, -0.2) is 15.7 Å². The van der Waals surface area contributed by atoms with Gasteiger partial charge in [0.05, 0.1) is 0 Å². The third-order valence-electron chi connectivity index (χ3n) is 4.85. The molecule has 3 heteroatoms. The fourth-order valence-electron chi connectivity index (χ4n) is 3.16. The van der Waals surface area contributed by atoms with Crippen molar-refractivity contribution in [2.24, 2.45) is 0 Å². The van der Waals surface area contributed by atoms with Gasteiger partial charge in [0.15, 0.2) is 0 Å². The average molecular weight is 430 g/mol. The molecule has 0 nitrogen and oxygen atoms in total. The summed E-state index contributed by atoms with van der Waals surface area (Å²) in [5.41, 5.74) is 7.90. The van der Waals surface area contributed by atoms with Gasteiger partial charge in [0, 0.05) is 4.88 Å². The fraction of sp³-hybridized carbons (Fsp3) is 0.429. The molecule has 0 fully saturated rings. The van der Waals surface area contributed by atoms with Crippen LogP contribution in [0.15, 0.2) is 76.4 Å². The largest absolute Gasteiger partial charge is 0.152 e. The Morgan fingerprint density at radius 1 is 0.710 bits per heavy atom. The van der Waals surface area contributed by atoms with Crippen LogP contribution >= 0.6 is 11.3 Å². The van der Waals surface area contributed by atoms with E-state index in [-0.39, 0.29) is 0 Å². The number of allylic oxidation sites excluding steroid dienone is 12. The van der Waals surface area contributed by atoms with Gasteiger partial charge in [0.1, 0.15) is 15.7 Å². The molecule has 0 saturated carbocycles. The van der Waals surface area contributed by atoms with Gasteiger partial charge < -0.3 is 0 Å². The van der Waals surface area contributed by atoms with Gasteiger partial charge in [-0.05, 0) is 78.2 Å². The molecule has 0 unspecified atom stereocenters. The van der Waals surface area contributed by atoms with E-state index in [0.29, 0.717) is 0 Å². The molecule has 0 N–H and O–H groups in total. The lowest BCUT2D eigenvalue weighted by Crippen LogP contribution is -2.01. The Kier molecular flexibility index (Phi) is 16.0. The number of rotatable bonds is 4. The maximum absolute atomic E-state index is 5.86. The molecular formula is C28H40B2S. The lowest BCUT2D eigenvalue weighted by molar-refractivity contribution is 0.869. The Hall–Kier alpha value is -1.73. The fourth-order valence-corrected chi connectivity index (χ4v) is 3.91. The summed E-state index contributed by atoms with van der Waals surface area (Å²) in [6, 6.07) is 4.05. The third kappa shape index (κ3) is 9.95. The molecule has 3 rings (SSSR count). The average Bonchev–Trinajstić information content (AvgIpc) is 3.28. The Morgan fingerprint density at radius 3 is 1.71 bits per heavy atom. The van der Waals surface area contributed by atoms with Crippen molar-refractivity contribution in [3.63, 3.8) is 0 Å². The zero-order valence-corrected chi connectivity index (χ0v) is 21.8. The SMILES string of the molecule is CC.CC.CC.[B]C1=CC=C(C2=CC=C(/C(C)=C/C=C(\C)c3ccc([B])s3)CC2)CC1. The molecule has 0 bridgehead atoms. The maximum Gasteiger partial charge on any atom is 0.128 e. The number of thiophene rings is 1. The molecule has 31 heavy (non-hydrogen) atoms. The van der Waals surface area contributed by atoms with Crippen LogP contribution in [0.5, 0.6) is 0 Å². The van der Waals surface area contributed by atoms with Crippen LogP contribution in [0, 0.1) is 0 Å².